The lowest BCUT2D eigenvalue weighted by molar-refractivity contribution is -0.151. The Morgan fingerprint density at radius 1 is 1.16 bits per heavy atom. The number of carbonyl (C=O) groups is 1. The molecule has 0 aromatic carbocycles. The van der Waals surface area contributed by atoms with Gasteiger partial charge in [-0.25, -0.2) is 0 Å². The normalized spacial score (nSPS) is 38.9. The van der Waals surface area contributed by atoms with Crippen LogP contribution < -0.4 is 5.73 Å². The third-order valence-corrected chi connectivity index (χ3v) is 9.26. The van der Waals surface area contributed by atoms with Crippen LogP contribution in [0.5, 0.6) is 0 Å². The number of carbonyl (C=O) groups excluding carboxylic acids is 1. The Morgan fingerprint density at radius 2 is 2.00 bits per heavy atom. The number of esters is 1. The molecule has 4 nitrogen and oxygen atoms in total. The molecule has 0 radical (unpaired) electrons. The highest BCUT2D eigenvalue weighted by atomic mass is 16.5. The van der Waals surface area contributed by atoms with Crippen molar-refractivity contribution >= 4 is 11.5 Å². The van der Waals surface area contributed by atoms with Gasteiger partial charge in [-0.05, 0) is 84.3 Å². The van der Waals surface area contributed by atoms with E-state index in [4.69, 9.17) is 10.5 Å². The molecular weight excluding hydrogens is 384 g/mol. The van der Waals surface area contributed by atoms with Gasteiger partial charge in [0.25, 0.3) is 0 Å². The number of aromatic nitrogens is 1. The first-order valence-electron chi connectivity index (χ1n) is 12.2. The van der Waals surface area contributed by atoms with Crippen LogP contribution in [-0.2, 0) is 9.53 Å². The van der Waals surface area contributed by atoms with E-state index < -0.39 is 0 Å². The van der Waals surface area contributed by atoms with Gasteiger partial charge >= 0.3 is 5.97 Å². The van der Waals surface area contributed by atoms with Crippen LogP contribution >= 0.6 is 0 Å². The largest absolute Gasteiger partial charge is 0.462 e. The molecule has 2 fully saturated rings. The molecular formula is C27H36N2O2. The zero-order valence-electron chi connectivity index (χ0n) is 19.0. The van der Waals surface area contributed by atoms with E-state index in [0.717, 1.165) is 37.0 Å². The summed E-state index contributed by atoms with van der Waals surface area (Å²) in [5.41, 5.74) is 10.4. The van der Waals surface area contributed by atoms with E-state index in [1.807, 2.05) is 12.4 Å². The third-order valence-electron chi connectivity index (χ3n) is 9.26. The predicted molar refractivity (Wildman–Crippen MR) is 123 cm³/mol. The summed E-state index contributed by atoms with van der Waals surface area (Å²) in [5.74, 6) is 2.07. The lowest BCUT2D eigenvalue weighted by Crippen LogP contribution is -2.50. The first-order valence-corrected chi connectivity index (χ1v) is 12.2. The van der Waals surface area contributed by atoms with Gasteiger partial charge in [-0.3, -0.25) is 9.78 Å². The summed E-state index contributed by atoms with van der Waals surface area (Å²) in [7, 11) is 0. The smallest absolute Gasteiger partial charge is 0.307 e. The molecule has 0 spiro atoms. The highest BCUT2D eigenvalue weighted by Gasteiger charge is 2.57. The summed E-state index contributed by atoms with van der Waals surface area (Å²) in [6.07, 6.45) is 17.3. The molecule has 0 saturated heterocycles. The fourth-order valence-corrected chi connectivity index (χ4v) is 7.63. The van der Waals surface area contributed by atoms with Crippen LogP contribution in [0, 0.1) is 28.6 Å². The van der Waals surface area contributed by atoms with Crippen LogP contribution in [0.4, 0.5) is 0 Å². The standard InChI is InChI=1S/C27H36N2O2/c1-26-12-9-20(31-25(30)11-14-28)16-19(26)5-6-21-23-8-7-22(18-4-3-15-29-17-18)27(23,2)13-10-24(21)26/h3-5,7,15,17,20-21,23-24H,6,8-14,16,28H2,1-2H3/t20-,21-,23-,24-,26-,27+/m0/s1. The number of nitrogens with zero attached hydrogens (tertiary/aromatic N) is 1. The summed E-state index contributed by atoms with van der Waals surface area (Å²) >= 11 is 0. The summed E-state index contributed by atoms with van der Waals surface area (Å²) in [5, 5.41) is 0. The van der Waals surface area contributed by atoms with Crippen LogP contribution in [0.1, 0.15) is 70.8 Å². The minimum atomic E-state index is -0.140. The van der Waals surface area contributed by atoms with Gasteiger partial charge in [-0.15, -0.1) is 0 Å². The molecule has 31 heavy (non-hydrogen) atoms. The maximum atomic E-state index is 12.0. The number of rotatable bonds is 4. The summed E-state index contributed by atoms with van der Waals surface area (Å²) in [4.78, 5) is 16.3. The quantitative estimate of drug-likeness (QED) is 0.530. The topological polar surface area (TPSA) is 65.2 Å². The molecule has 0 amide bonds. The number of ether oxygens (including phenoxy) is 1. The molecule has 166 valence electrons. The first kappa shape index (κ1) is 20.9. The fraction of sp³-hybridized carbons (Fsp3) is 0.630. The van der Waals surface area contributed by atoms with Gasteiger partial charge in [0, 0.05) is 25.4 Å². The van der Waals surface area contributed by atoms with E-state index in [-0.39, 0.29) is 22.9 Å². The molecule has 4 aliphatic carbocycles. The van der Waals surface area contributed by atoms with Gasteiger partial charge in [-0.2, -0.15) is 0 Å². The molecule has 2 N–H and O–H groups in total. The third kappa shape index (κ3) is 3.38. The van der Waals surface area contributed by atoms with Gasteiger partial charge in [0.05, 0.1) is 6.42 Å². The van der Waals surface area contributed by atoms with E-state index >= 15 is 0 Å². The Hall–Kier alpha value is -1.94. The molecule has 5 rings (SSSR count). The minimum Gasteiger partial charge on any atom is -0.462 e. The van der Waals surface area contributed by atoms with Crippen molar-refractivity contribution in [3.63, 3.8) is 0 Å². The van der Waals surface area contributed by atoms with Crippen molar-refractivity contribution in [2.75, 3.05) is 6.54 Å². The van der Waals surface area contributed by atoms with Crippen molar-refractivity contribution < 1.29 is 9.53 Å². The molecule has 0 bridgehead atoms. The van der Waals surface area contributed by atoms with Gasteiger partial charge in [-0.1, -0.05) is 37.6 Å². The fourth-order valence-electron chi connectivity index (χ4n) is 7.63. The summed E-state index contributed by atoms with van der Waals surface area (Å²) in [6.45, 7) is 5.38. The summed E-state index contributed by atoms with van der Waals surface area (Å²) < 4.78 is 5.74. The van der Waals surface area contributed by atoms with Crippen molar-refractivity contribution in [2.24, 2.45) is 34.3 Å². The Kier molecular flexibility index (Phi) is 5.32. The lowest BCUT2D eigenvalue weighted by Gasteiger charge is -2.57. The second kappa shape index (κ2) is 7.88. The second-order valence-electron chi connectivity index (χ2n) is 10.7. The van der Waals surface area contributed by atoms with Crippen molar-refractivity contribution in [3.05, 3.63) is 47.8 Å². The Morgan fingerprint density at radius 3 is 2.77 bits per heavy atom. The van der Waals surface area contributed by atoms with E-state index in [0.29, 0.717) is 13.0 Å². The van der Waals surface area contributed by atoms with Crippen molar-refractivity contribution in [3.8, 4) is 0 Å². The van der Waals surface area contributed by atoms with Gasteiger partial charge in [0.1, 0.15) is 6.10 Å². The van der Waals surface area contributed by atoms with Crippen LogP contribution in [0.2, 0.25) is 0 Å². The number of pyridine rings is 1. The SMILES string of the molecule is C[C@]12CC[C@H](OC(=O)CCN)CC1=CC[C@@H]1[C@@H]2CC[C@]2(C)C(c3cccnc3)=CC[C@@H]12. The van der Waals surface area contributed by atoms with Gasteiger partial charge in [0.15, 0.2) is 0 Å². The van der Waals surface area contributed by atoms with Crippen molar-refractivity contribution in [1.82, 2.24) is 4.98 Å². The Balaban J connectivity index is 1.35. The zero-order chi connectivity index (χ0) is 21.6. The van der Waals surface area contributed by atoms with Crippen LogP contribution in [-0.4, -0.2) is 23.6 Å². The van der Waals surface area contributed by atoms with Crippen LogP contribution in [0.25, 0.3) is 5.57 Å². The Bertz CT molecular complexity index is 907. The molecule has 1 aromatic heterocycles. The first-order chi connectivity index (χ1) is 15.0. The van der Waals surface area contributed by atoms with Gasteiger partial charge < -0.3 is 10.5 Å². The van der Waals surface area contributed by atoms with E-state index in [1.165, 1.54) is 36.8 Å². The highest BCUT2D eigenvalue weighted by molar-refractivity contribution is 5.72. The lowest BCUT2D eigenvalue weighted by atomic mass is 9.47. The molecule has 1 aromatic rings. The van der Waals surface area contributed by atoms with E-state index in [1.54, 1.807) is 5.57 Å². The zero-order valence-corrected chi connectivity index (χ0v) is 19.0. The molecule has 0 aliphatic heterocycles. The van der Waals surface area contributed by atoms with Crippen LogP contribution in [0.15, 0.2) is 42.3 Å². The van der Waals surface area contributed by atoms with Gasteiger partial charge in [0.2, 0.25) is 0 Å². The predicted octanol–water partition coefficient (Wildman–Crippen LogP) is 5.30. The number of allylic oxidation sites excluding steroid dienone is 3. The maximum Gasteiger partial charge on any atom is 0.307 e. The molecule has 2 saturated carbocycles. The van der Waals surface area contributed by atoms with Crippen molar-refractivity contribution in [2.45, 2.75) is 71.3 Å². The Labute approximate surface area is 186 Å². The number of hydrogen-bond acceptors (Lipinski definition) is 4. The second-order valence-corrected chi connectivity index (χ2v) is 10.7. The molecule has 4 aliphatic rings. The summed E-state index contributed by atoms with van der Waals surface area (Å²) in [6, 6.07) is 4.29. The maximum absolute atomic E-state index is 12.0. The molecule has 4 heteroatoms. The minimum absolute atomic E-state index is 0.0362. The molecule has 6 atom stereocenters. The number of nitrogens with two attached hydrogens (primary N) is 1. The van der Waals surface area contributed by atoms with Crippen LogP contribution in [0.3, 0.4) is 0 Å². The molecule has 0 unspecified atom stereocenters. The van der Waals surface area contributed by atoms with E-state index in [9.17, 15) is 4.79 Å². The number of fused-ring (bicyclic) bond motifs is 5. The molecule has 1 heterocycles. The number of hydrogen-bond donors (Lipinski definition) is 1. The van der Waals surface area contributed by atoms with E-state index in [2.05, 4.69) is 43.1 Å². The average Bonchev–Trinajstić information content (AvgIpc) is 3.12. The average molecular weight is 421 g/mol. The van der Waals surface area contributed by atoms with Crippen molar-refractivity contribution in [1.29, 1.82) is 0 Å². The highest BCUT2D eigenvalue weighted by Crippen LogP contribution is 2.66. The monoisotopic (exact) mass is 420 g/mol.